The Bertz CT molecular complexity index is 1060. The first kappa shape index (κ1) is 18.6. The van der Waals surface area contributed by atoms with Crippen LogP contribution in [0.3, 0.4) is 0 Å². The first-order chi connectivity index (χ1) is 13.9. The van der Waals surface area contributed by atoms with Crippen LogP contribution >= 0.6 is 0 Å². The van der Waals surface area contributed by atoms with Gasteiger partial charge in [0.2, 0.25) is 0 Å². The standard InChI is InChI=1S/C23H29N3O3/c1-3-26-19-5-4-17(9-18(19)25-21(28)22(26)29)20(27)24-13(2)23-10-14-6-15(11-23)8-16(7-14)12-23/h4-5,9,13-16H,3,6-8,10-12H2,1-2H3,(H,24,27)(H,25,28)/t13-,14?,15?,16?,23?/m1/s1. The molecule has 0 saturated heterocycles. The maximum Gasteiger partial charge on any atom is 0.316 e. The lowest BCUT2D eigenvalue weighted by atomic mass is 9.48. The number of aromatic amines is 1. The number of hydrogen-bond acceptors (Lipinski definition) is 3. The van der Waals surface area contributed by atoms with Gasteiger partial charge >= 0.3 is 11.1 Å². The van der Waals surface area contributed by atoms with Crippen LogP contribution in [-0.2, 0) is 6.54 Å². The quantitative estimate of drug-likeness (QED) is 0.781. The molecule has 4 aliphatic carbocycles. The van der Waals surface area contributed by atoms with Crippen molar-refractivity contribution in [2.75, 3.05) is 0 Å². The highest BCUT2D eigenvalue weighted by atomic mass is 16.2. The van der Waals surface area contributed by atoms with Crippen molar-refractivity contribution in [2.24, 2.45) is 23.2 Å². The molecular weight excluding hydrogens is 366 g/mol. The molecule has 1 atom stereocenters. The summed E-state index contributed by atoms with van der Waals surface area (Å²) >= 11 is 0. The number of benzene rings is 1. The number of hydrogen-bond donors (Lipinski definition) is 2. The smallest absolute Gasteiger partial charge is 0.316 e. The predicted molar refractivity (Wildman–Crippen MR) is 112 cm³/mol. The third-order valence-electron chi connectivity index (χ3n) is 7.91. The highest BCUT2D eigenvalue weighted by molar-refractivity contribution is 5.97. The van der Waals surface area contributed by atoms with Crippen LogP contribution in [0, 0.1) is 23.2 Å². The molecule has 1 heterocycles. The molecule has 0 spiro atoms. The van der Waals surface area contributed by atoms with E-state index in [0.29, 0.717) is 23.1 Å². The van der Waals surface area contributed by atoms with Gasteiger partial charge in [-0.2, -0.15) is 0 Å². The van der Waals surface area contributed by atoms with E-state index in [1.165, 1.54) is 43.1 Å². The molecule has 2 aromatic rings. The zero-order chi connectivity index (χ0) is 20.3. The molecule has 1 aromatic heterocycles. The molecule has 0 radical (unpaired) electrons. The Morgan fingerprint density at radius 1 is 1.17 bits per heavy atom. The van der Waals surface area contributed by atoms with Gasteiger partial charge < -0.3 is 14.9 Å². The van der Waals surface area contributed by atoms with Gasteiger partial charge in [-0.3, -0.25) is 14.4 Å². The fraction of sp³-hybridized carbons (Fsp3) is 0.609. The molecule has 1 aromatic carbocycles. The van der Waals surface area contributed by atoms with Gasteiger partial charge in [-0.15, -0.1) is 0 Å². The third-order valence-corrected chi connectivity index (χ3v) is 7.91. The molecular formula is C23H29N3O3. The van der Waals surface area contributed by atoms with Crippen molar-refractivity contribution in [2.45, 2.75) is 65.0 Å². The number of rotatable bonds is 4. The van der Waals surface area contributed by atoms with Crippen LogP contribution in [0.1, 0.15) is 62.7 Å². The Balaban J connectivity index is 1.41. The van der Waals surface area contributed by atoms with Crippen LogP contribution < -0.4 is 16.4 Å². The van der Waals surface area contributed by atoms with E-state index in [4.69, 9.17) is 0 Å². The maximum atomic E-state index is 13.0. The highest BCUT2D eigenvalue weighted by Gasteiger charge is 2.53. The number of fused-ring (bicyclic) bond motifs is 1. The van der Waals surface area contributed by atoms with Crippen molar-refractivity contribution < 1.29 is 4.79 Å². The van der Waals surface area contributed by atoms with E-state index in [1.807, 2.05) is 6.92 Å². The molecule has 1 amide bonds. The SMILES string of the molecule is CCn1c(=O)c(=O)[nH]c2cc(C(=O)N[C@H](C)C34CC5CC(CC(C5)C3)C4)ccc21. The Hall–Kier alpha value is -2.37. The van der Waals surface area contributed by atoms with Crippen molar-refractivity contribution in [1.29, 1.82) is 0 Å². The van der Waals surface area contributed by atoms with Gasteiger partial charge in [0.25, 0.3) is 5.91 Å². The number of H-pyrrole nitrogens is 1. The van der Waals surface area contributed by atoms with Crippen LogP contribution in [0.4, 0.5) is 0 Å². The Morgan fingerprint density at radius 2 is 1.79 bits per heavy atom. The van der Waals surface area contributed by atoms with E-state index >= 15 is 0 Å². The number of carbonyl (C=O) groups is 1. The van der Waals surface area contributed by atoms with E-state index in [0.717, 1.165) is 17.8 Å². The minimum atomic E-state index is -0.654. The Labute approximate surface area is 169 Å². The summed E-state index contributed by atoms with van der Waals surface area (Å²) < 4.78 is 1.44. The second-order valence-electron chi connectivity index (χ2n) is 9.71. The molecule has 6 heteroatoms. The van der Waals surface area contributed by atoms with Crippen LogP contribution in [-0.4, -0.2) is 21.5 Å². The zero-order valence-corrected chi connectivity index (χ0v) is 17.2. The predicted octanol–water partition coefficient (Wildman–Crippen LogP) is 3.04. The minimum Gasteiger partial charge on any atom is -0.349 e. The Morgan fingerprint density at radius 3 is 2.38 bits per heavy atom. The van der Waals surface area contributed by atoms with Crippen molar-refractivity contribution in [3.8, 4) is 0 Å². The van der Waals surface area contributed by atoms with E-state index in [1.54, 1.807) is 18.2 Å². The fourth-order valence-electron chi connectivity index (χ4n) is 6.88. The fourth-order valence-corrected chi connectivity index (χ4v) is 6.88. The van der Waals surface area contributed by atoms with Gasteiger partial charge in [0.1, 0.15) is 0 Å². The molecule has 6 rings (SSSR count). The number of carbonyl (C=O) groups excluding carboxylic acids is 1. The van der Waals surface area contributed by atoms with E-state index in [-0.39, 0.29) is 17.4 Å². The number of nitrogens with one attached hydrogen (secondary N) is 2. The monoisotopic (exact) mass is 395 g/mol. The largest absolute Gasteiger partial charge is 0.349 e. The number of aryl methyl sites for hydroxylation is 1. The summed E-state index contributed by atoms with van der Waals surface area (Å²) in [7, 11) is 0. The summed E-state index contributed by atoms with van der Waals surface area (Å²) in [5.41, 5.74) is 0.713. The van der Waals surface area contributed by atoms with Crippen LogP contribution in [0.5, 0.6) is 0 Å². The van der Waals surface area contributed by atoms with E-state index in [2.05, 4.69) is 17.2 Å². The molecule has 4 aliphatic rings. The lowest BCUT2D eigenvalue weighted by Crippen LogP contribution is -2.55. The number of aromatic nitrogens is 2. The molecule has 0 unspecified atom stereocenters. The molecule has 4 saturated carbocycles. The zero-order valence-electron chi connectivity index (χ0n) is 17.2. The van der Waals surface area contributed by atoms with Crippen molar-refractivity contribution in [3.05, 3.63) is 44.5 Å². The second kappa shape index (κ2) is 6.57. The summed E-state index contributed by atoms with van der Waals surface area (Å²) in [6.07, 6.45) is 7.89. The van der Waals surface area contributed by atoms with Gasteiger partial charge in [-0.25, -0.2) is 0 Å². The molecule has 29 heavy (non-hydrogen) atoms. The normalized spacial score (nSPS) is 31.2. The lowest BCUT2D eigenvalue weighted by Gasteiger charge is -2.59. The first-order valence-corrected chi connectivity index (χ1v) is 11.0. The Kier molecular flexibility index (Phi) is 4.23. The van der Waals surface area contributed by atoms with Crippen LogP contribution in [0.25, 0.3) is 11.0 Å². The van der Waals surface area contributed by atoms with E-state index in [9.17, 15) is 14.4 Å². The number of nitrogens with zero attached hydrogens (tertiary/aromatic N) is 1. The number of amides is 1. The van der Waals surface area contributed by atoms with Gasteiger partial charge in [-0.05, 0) is 93.7 Å². The summed E-state index contributed by atoms with van der Waals surface area (Å²) in [5, 5.41) is 3.27. The third kappa shape index (κ3) is 2.95. The van der Waals surface area contributed by atoms with Crippen LogP contribution in [0.15, 0.2) is 27.8 Å². The van der Waals surface area contributed by atoms with Gasteiger partial charge in [-0.1, -0.05) is 0 Å². The van der Waals surface area contributed by atoms with Gasteiger partial charge in [0, 0.05) is 18.2 Å². The van der Waals surface area contributed by atoms with Crippen molar-refractivity contribution in [3.63, 3.8) is 0 Å². The minimum absolute atomic E-state index is 0.106. The average Bonchev–Trinajstić information content (AvgIpc) is 2.67. The first-order valence-electron chi connectivity index (χ1n) is 11.0. The van der Waals surface area contributed by atoms with Gasteiger partial charge in [0.15, 0.2) is 0 Å². The summed E-state index contributed by atoms with van der Waals surface area (Å²) in [6.45, 7) is 4.41. The molecule has 4 bridgehead atoms. The van der Waals surface area contributed by atoms with Gasteiger partial charge in [0.05, 0.1) is 11.0 Å². The van der Waals surface area contributed by atoms with E-state index < -0.39 is 11.1 Å². The highest BCUT2D eigenvalue weighted by Crippen LogP contribution is 2.61. The summed E-state index contributed by atoms with van der Waals surface area (Å²) in [5.74, 6) is 2.43. The lowest BCUT2D eigenvalue weighted by molar-refractivity contribution is -0.0688. The summed E-state index contributed by atoms with van der Waals surface area (Å²) in [4.78, 5) is 39.6. The average molecular weight is 396 g/mol. The maximum absolute atomic E-state index is 13.0. The molecule has 2 N–H and O–H groups in total. The second-order valence-corrected chi connectivity index (χ2v) is 9.71. The molecule has 6 nitrogen and oxygen atoms in total. The van der Waals surface area contributed by atoms with Crippen molar-refractivity contribution in [1.82, 2.24) is 14.9 Å². The topological polar surface area (TPSA) is 84.0 Å². The van der Waals surface area contributed by atoms with Crippen LogP contribution in [0.2, 0.25) is 0 Å². The van der Waals surface area contributed by atoms with Crippen molar-refractivity contribution >= 4 is 16.9 Å². The molecule has 154 valence electrons. The summed E-state index contributed by atoms with van der Waals surface area (Å²) in [6, 6.07) is 5.32. The molecule has 0 aliphatic heterocycles. The molecule has 4 fully saturated rings.